The second-order valence-electron chi connectivity index (χ2n) is 7.84. The molecule has 0 saturated carbocycles. The lowest BCUT2D eigenvalue weighted by Gasteiger charge is -2.31. The third-order valence-electron chi connectivity index (χ3n) is 5.94. The van der Waals surface area contributed by atoms with Crippen LogP contribution >= 0.6 is 0 Å². The highest BCUT2D eigenvalue weighted by Crippen LogP contribution is 2.32. The van der Waals surface area contributed by atoms with Gasteiger partial charge in [0.25, 0.3) is 0 Å². The summed E-state index contributed by atoms with van der Waals surface area (Å²) >= 11 is 0. The van der Waals surface area contributed by atoms with Gasteiger partial charge in [0.15, 0.2) is 17.6 Å². The number of furan rings is 1. The molecule has 0 unspecified atom stereocenters. The molecule has 0 radical (unpaired) electrons. The Bertz CT molecular complexity index is 1050. The smallest absolute Gasteiger partial charge is 0.227 e. The van der Waals surface area contributed by atoms with Crippen LogP contribution in [0.3, 0.4) is 0 Å². The van der Waals surface area contributed by atoms with Crippen molar-refractivity contribution in [3.63, 3.8) is 0 Å². The summed E-state index contributed by atoms with van der Waals surface area (Å²) in [5, 5.41) is 1.07. The highest BCUT2D eigenvalue weighted by atomic mass is 16.6. The van der Waals surface area contributed by atoms with E-state index in [2.05, 4.69) is 12.1 Å². The Balaban J connectivity index is 1.29. The number of carbonyl (C=O) groups is 1. The molecular weight excluding hydrogens is 366 g/mol. The van der Waals surface area contributed by atoms with E-state index in [1.165, 1.54) is 17.5 Å². The summed E-state index contributed by atoms with van der Waals surface area (Å²) in [4.78, 5) is 14.9. The molecule has 0 saturated heterocycles. The third kappa shape index (κ3) is 3.46. The minimum atomic E-state index is -0.168. The Morgan fingerprint density at radius 1 is 1.14 bits per heavy atom. The fourth-order valence-electron chi connectivity index (χ4n) is 4.37. The van der Waals surface area contributed by atoms with Crippen molar-refractivity contribution in [2.45, 2.75) is 38.7 Å². The Kier molecular flexibility index (Phi) is 4.66. The molecule has 29 heavy (non-hydrogen) atoms. The molecule has 1 atom stereocenters. The van der Waals surface area contributed by atoms with Crippen LogP contribution in [-0.4, -0.2) is 36.6 Å². The molecular formula is C24H25NO4. The Labute approximate surface area is 170 Å². The van der Waals surface area contributed by atoms with Crippen molar-refractivity contribution in [2.24, 2.45) is 0 Å². The van der Waals surface area contributed by atoms with Gasteiger partial charge in [-0.05, 0) is 61.6 Å². The van der Waals surface area contributed by atoms with E-state index >= 15 is 0 Å². The van der Waals surface area contributed by atoms with E-state index in [-0.39, 0.29) is 12.0 Å². The number of nitrogens with zero attached hydrogens (tertiary/aromatic N) is 1. The van der Waals surface area contributed by atoms with Crippen LogP contribution < -0.4 is 9.47 Å². The molecule has 3 aromatic rings. The average Bonchev–Trinajstić information content (AvgIpc) is 3.36. The molecule has 1 aliphatic carbocycles. The van der Waals surface area contributed by atoms with E-state index in [1.54, 1.807) is 6.26 Å². The van der Waals surface area contributed by atoms with E-state index in [1.807, 2.05) is 36.1 Å². The van der Waals surface area contributed by atoms with Crippen LogP contribution in [0.1, 0.15) is 30.0 Å². The van der Waals surface area contributed by atoms with Crippen LogP contribution in [0.25, 0.3) is 11.0 Å². The maximum absolute atomic E-state index is 13.0. The van der Waals surface area contributed by atoms with Crippen LogP contribution in [0, 0.1) is 0 Å². The van der Waals surface area contributed by atoms with Gasteiger partial charge in [0.05, 0.1) is 19.2 Å². The average molecular weight is 391 g/mol. The van der Waals surface area contributed by atoms with Gasteiger partial charge in [-0.2, -0.15) is 0 Å². The number of likely N-dealkylation sites (N-methyl/N-ethyl adjacent to an activating group) is 1. The summed E-state index contributed by atoms with van der Waals surface area (Å²) < 4.78 is 17.6. The largest absolute Gasteiger partial charge is 0.486 e. The number of fused-ring (bicyclic) bond motifs is 3. The fourth-order valence-corrected chi connectivity index (χ4v) is 4.37. The summed E-state index contributed by atoms with van der Waals surface area (Å²) in [5.41, 5.74) is 4.63. The Hall–Kier alpha value is -2.95. The molecule has 1 amide bonds. The van der Waals surface area contributed by atoms with Gasteiger partial charge >= 0.3 is 0 Å². The van der Waals surface area contributed by atoms with Gasteiger partial charge in [0, 0.05) is 17.5 Å². The molecule has 150 valence electrons. The summed E-state index contributed by atoms with van der Waals surface area (Å²) in [6, 6.07) is 12.0. The molecule has 2 aliphatic rings. The molecule has 1 aliphatic heterocycles. The summed E-state index contributed by atoms with van der Waals surface area (Å²) in [7, 11) is 0. The van der Waals surface area contributed by atoms with Crippen molar-refractivity contribution in [3.05, 3.63) is 59.4 Å². The summed E-state index contributed by atoms with van der Waals surface area (Å²) in [5.74, 6) is 1.58. The van der Waals surface area contributed by atoms with Crippen LogP contribution in [0.4, 0.5) is 0 Å². The maximum atomic E-state index is 13.0. The Morgan fingerprint density at radius 3 is 2.76 bits per heavy atom. The molecule has 5 heteroatoms. The number of amides is 1. The number of aryl methyl sites for hydroxylation is 2. The maximum Gasteiger partial charge on any atom is 0.227 e. The summed E-state index contributed by atoms with van der Waals surface area (Å²) in [6.45, 7) is 3.58. The molecule has 0 N–H and O–H groups in total. The Morgan fingerprint density at radius 2 is 1.93 bits per heavy atom. The van der Waals surface area contributed by atoms with E-state index in [0.29, 0.717) is 26.1 Å². The molecule has 2 aromatic carbocycles. The number of para-hydroxylation sites is 2. The first-order valence-corrected chi connectivity index (χ1v) is 10.4. The predicted molar refractivity (Wildman–Crippen MR) is 111 cm³/mol. The standard InChI is InChI=1S/C24H25NO4/c1-2-25(13-19-15-28-21-8-3-4-9-22(21)29-19)24(26)12-18-14-27-23-11-17-7-5-6-16(17)10-20(18)23/h3-4,8-11,14,19H,2,5-7,12-13,15H2,1H3/t19-/m1/s1. The van der Waals surface area contributed by atoms with Crippen molar-refractivity contribution < 1.29 is 18.7 Å². The van der Waals surface area contributed by atoms with Crippen LogP contribution in [0.15, 0.2) is 47.1 Å². The zero-order valence-corrected chi connectivity index (χ0v) is 16.6. The molecule has 5 rings (SSSR count). The molecule has 2 heterocycles. The lowest BCUT2D eigenvalue weighted by molar-refractivity contribution is -0.131. The SMILES string of the molecule is CCN(C[C@@H]1COc2ccccc2O1)C(=O)Cc1coc2cc3c(cc12)CCC3. The number of rotatable bonds is 5. The predicted octanol–water partition coefficient (Wildman–Crippen LogP) is 4.15. The van der Waals surface area contributed by atoms with Crippen LogP contribution in [0.5, 0.6) is 11.5 Å². The molecule has 5 nitrogen and oxygen atoms in total. The zero-order valence-electron chi connectivity index (χ0n) is 16.6. The van der Waals surface area contributed by atoms with Crippen molar-refractivity contribution in [2.75, 3.05) is 19.7 Å². The van der Waals surface area contributed by atoms with Crippen molar-refractivity contribution >= 4 is 16.9 Å². The highest BCUT2D eigenvalue weighted by molar-refractivity contribution is 5.88. The highest BCUT2D eigenvalue weighted by Gasteiger charge is 2.25. The summed E-state index contributed by atoms with van der Waals surface area (Å²) in [6.07, 6.45) is 5.35. The van der Waals surface area contributed by atoms with Gasteiger partial charge in [-0.3, -0.25) is 4.79 Å². The van der Waals surface area contributed by atoms with Crippen molar-refractivity contribution in [3.8, 4) is 11.5 Å². The van der Waals surface area contributed by atoms with Gasteiger partial charge in [-0.15, -0.1) is 0 Å². The van der Waals surface area contributed by atoms with Crippen LogP contribution in [0.2, 0.25) is 0 Å². The second kappa shape index (κ2) is 7.47. The van der Waals surface area contributed by atoms with Crippen molar-refractivity contribution in [1.82, 2.24) is 4.90 Å². The first-order chi connectivity index (χ1) is 14.2. The number of carbonyl (C=O) groups excluding carboxylic acids is 1. The van der Waals surface area contributed by atoms with Gasteiger partial charge < -0.3 is 18.8 Å². The number of ether oxygens (including phenoxy) is 2. The number of hydrogen-bond donors (Lipinski definition) is 0. The van der Waals surface area contributed by atoms with E-state index in [9.17, 15) is 4.79 Å². The molecule has 0 fully saturated rings. The normalized spacial score (nSPS) is 17.3. The topological polar surface area (TPSA) is 51.9 Å². The first-order valence-electron chi connectivity index (χ1n) is 10.4. The van der Waals surface area contributed by atoms with Crippen molar-refractivity contribution in [1.29, 1.82) is 0 Å². The first kappa shape index (κ1) is 18.1. The second-order valence-corrected chi connectivity index (χ2v) is 7.84. The van der Waals surface area contributed by atoms with Crippen LogP contribution in [-0.2, 0) is 24.1 Å². The fraction of sp³-hybridized carbons (Fsp3) is 0.375. The monoisotopic (exact) mass is 391 g/mol. The minimum absolute atomic E-state index is 0.0816. The van der Waals surface area contributed by atoms with E-state index < -0.39 is 0 Å². The zero-order chi connectivity index (χ0) is 19.8. The third-order valence-corrected chi connectivity index (χ3v) is 5.94. The van der Waals surface area contributed by atoms with Gasteiger partial charge in [0.1, 0.15) is 12.2 Å². The molecule has 0 bridgehead atoms. The van der Waals surface area contributed by atoms with Gasteiger partial charge in [-0.1, -0.05) is 12.1 Å². The number of hydrogen-bond acceptors (Lipinski definition) is 4. The lowest BCUT2D eigenvalue weighted by atomic mass is 10.0. The molecule has 1 aromatic heterocycles. The molecule has 0 spiro atoms. The van der Waals surface area contributed by atoms with E-state index in [4.69, 9.17) is 13.9 Å². The number of benzene rings is 2. The van der Waals surface area contributed by atoms with Gasteiger partial charge in [-0.25, -0.2) is 0 Å². The quantitative estimate of drug-likeness (QED) is 0.656. The minimum Gasteiger partial charge on any atom is -0.486 e. The van der Waals surface area contributed by atoms with E-state index in [0.717, 1.165) is 40.9 Å². The lowest BCUT2D eigenvalue weighted by Crippen LogP contribution is -2.44. The van der Waals surface area contributed by atoms with Gasteiger partial charge in [0.2, 0.25) is 5.91 Å².